The molecule has 2 N–H and O–H groups in total. The van der Waals surface area contributed by atoms with Crippen LogP contribution in [0.1, 0.15) is 30.5 Å². The molecule has 0 aliphatic carbocycles. The molecule has 1 amide bonds. The molecule has 1 unspecified atom stereocenters. The van der Waals surface area contributed by atoms with Crippen molar-refractivity contribution in [2.75, 3.05) is 32.7 Å². The van der Waals surface area contributed by atoms with Crippen LogP contribution < -0.4 is 10.6 Å². The van der Waals surface area contributed by atoms with E-state index in [4.69, 9.17) is 12.2 Å². The van der Waals surface area contributed by atoms with Crippen molar-refractivity contribution in [2.24, 2.45) is 0 Å². The summed E-state index contributed by atoms with van der Waals surface area (Å²) in [5.41, 5.74) is 2.09. The Morgan fingerprint density at radius 2 is 1.80 bits per heavy atom. The maximum atomic E-state index is 13.1. The average molecular weight is 429 g/mol. The third-order valence-corrected chi connectivity index (χ3v) is 5.66. The molecule has 0 spiro atoms. The number of halogens is 1. The highest BCUT2D eigenvalue weighted by Crippen LogP contribution is 2.14. The predicted molar refractivity (Wildman–Crippen MR) is 121 cm³/mol. The van der Waals surface area contributed by atoms with Crippen LogP contribution >= 0.6 is 12.2 Å². The van der Waals surface area contributed by atoms with Gasteiger partial charge in [-0.15, -0.1) is 0 Å². The summed E-state index contributed by atoms with van der Waals surface area (Å²) in [6.07, 6.45) is 0.943. The zero-order valence-corrected chi connectivity index (χ0v) is 18.1. The van der Waals surface area contributed by atoms with Gasteiger partial charge in [0.25, 0.3) is 0 Å². The van der Waals surface area contributed by atoms with Crippen LogP contribution in [0.4, 0.5) is 4.39 Å². The summed E-state index contributed by atoms with van der Waals surface area (Å²) in [4.78, 5) is 16.6. The molecule has 2 aromatic carbocycles. The molecule has 3 rings (SSSR count). The SMILES string of the molecule is CC(NC(=S)N1CCCN(CC(=O)NCc2ccccc2)CC1)c1ccc(F)cc1. The molecule has 160 valence electrons. The topological polar surface area (TPSA) is 47.6 Å². The van der Waals surface area contributed by atoms with E-state index in [1.165, 1.54) is 12.1 Å². The minimum atomic E-state index is -0.242. The van der Waals surface area contributed by atoms with Gasteiger partial charge in [-0.3, -0.25) is 9.69 Å². The fourth-order valence-corrected chi connectivity index (χ4v) is 3.86. The lowest BCUT2D eigenvalue weighted by Crippen LogP contribution is -2.43. The Morgan fingerprint density at radius 3 is 2.53 bits per heavy atom. The summed E-state index contributed by atoms with van der Waals surface area (Å²) in [5, 5.41) is 7.03. The number of nitrogens with zero attached hydrogens (tertiary/aromatic N) is 2. The van der Waals surface area contributed by atoms with Gasteiger partial charge in [-0.2, -0.15) is 0 Å². The molecule has 7 heteroatoms. The van der Waals surface area contributed by atoms with Crippen molar-refractivity contribution < 1.29 is 9.18 Å². The van der Waals surface area contributed by atoms with Crippen LogP contribution in [0.2, 0.25) is 0 Å². The van der Waals surface area contributed by atoms with Gasteiger partial charge >= 0.3 is 0 Å². The first-order valence-electron chi connectivity index (χ1n) is 10.3. The highest BCUT2D eigenvalue weighted by Gasteiger charge is 2.19. The highest BCUT2D eigenvalue weighted by molar-refractivity contribution is 7.80. The van der Waals surface area contributed by atoms with Crippen LogP contribution in [-0.4, -0.2) is 53.5 Å². The van der Waals surface area contributed by atoms with Gasteiger partial charge in [-0.25, -0.2) is 4.39 Å². The van der Waals surface area contributed by atoms with E-state index < -0.39 is 0 Å². The van der Waals surface area contributed by atoms with E-state index in [-0.39, 0.29) is 17.8 Å². The Labute approximate surface area is 183 Å². The minimum absolute atomic E-state index is 0.00113. The van der Waals surface area contributed by atoms with E-state index in [0.29, 0.717) is 18.2 Å². The van der Waals surface area contributed by atoms with Crippen LogP contribution in [0.25, 0.3) is 0 Å². The molecule has 1 atom stereocenters. The number of carbonyl (C=O) groups is 1. The summed E-state index contributed by atoms with van der Waals surface area (Å²) < 4.78 is 13.1. The zero-order chi connectivity index (χ0) is 21.3. The van der Waals surface area contributed by atoms with Gasteiger partial charge < -0.3 is 15.5 Å². The molecular weight excluding hydrogens is 399 g/mol. The van der Waals surface area contributed by atoms with Crippen LogP contribution in [-0.2, 0) is 11.3 Å². The van der Waals surface area contributed by atoms with Gasteiger partial charge in [0.2, 0.25) is 5.91 Å². The van der Waals surface area contributed by atoms with Crippen molar-refractivity contribution in [1.82, 2.24) is 20.4 Å². The fourth-order valence-electron chi connectivity index (χ4n) is 3.50. The number of thiocarbonyl (C=S) groups is 1. The first kappa shape index (κ1) is 22.2. The van der Waals surface area contributed by atoms with E-state index in [2.05, 4.69) is 20.4 Å². The fraction of sp³-hybridized carbons (Fsp3) is 0.391. The second-order valence-corrected chi connectivity index (χ2v) is 7.99. The first-order chi connectivity index (χ1) is 14.5. The van der Waals surface area contributed by atoms with Crippen molar-refractivity contribution in [3.05, 3.63) is 71.5 Å². The second-order valence-electron chi connectivity index (χ2n) is 7.60. The van der Waals surface area contributed by atoms with E-state index in [1.807, 2.05) is 37.3 Å². The molecule has 1 aliphatic heterocycles. The second kappa shape index (κ2) is 11.0. The van der Waals surface area contributed by atoms with Crippen molar-refractivity contribution >= 4 is 23.2 Å². The molecule has 30 heavy (non-hydrogen) atoms. The Balaban J connectivity index is 1.43. The van der Waals surface area contributed by atoms with Crippen LogP contribution in [0.3, 0.4) is 0 Å². The Kier molecular flexibility index (Phi) is 8.16. The number of amides is 1. The monoisotopic (exact) mass is 428 g/mol. The number of benzene rings is 2. The number of rotatable bonds is 6. The molecule has 0 saturated carbocycles. The standard InChI is InChI=1S/C23H29FN4OS/c1-18(20-8-10-21(24)11-9-20)26-23(30)28-13-5-12-27(14-15-28)17-22(29)25-16-19-6-3-2-4-7-19/h2-4,6-11,18H,5,12-17H2,1H3,(H,25,29)(H,26,30). The van der Waals surface area contributed by atoms with E-state index in [9.17, 15) is 9.18 Å². The summed E-state index contributed by atoms with van der Waals surface area (Å²) in [6.45, 7) is 6.23. The van der Waals surface area contributed by atoms with Crippen molar-refractivity contribution in [3.8, 4) is 0 Å². The Bertz CT molecular complexity index is 831. The predicted octanol–water partition coefficient (Wildman–Crippen LogP) is 3.09. The summed E-state index contributed by atoms with van der Waals surface area (Å²) in [6, 6.07) is 16.4. The smallest absolute Gasteiger partial charge is 0.234 e. The lowest BCUT2D eigenvalue weighted by molar-refractivity contribution is -0.122. The van der Waals surface area contributed by atoms with Gasteiger partial charge in [0.05, 0.1) is 12.6 Å². The van der Waals surface area contributed by atoms with Gasteiger partial charge in [0.1, 0.15) is 5.82 Å². The largest absolute Gasteiger partial charge is 0.356 e. The Hall–Kier alpha value is -2.51. The summed E-state index contributed by atoms with van der Waals surface area (Å²) in [5.74, 6) is -0.202. The van der Waals surface area contributed by atoms with E-state index in [0.717, 1.165) is 43.7 Å². The van der Waals surface area contributed by atoms with Crippen LogP contribution in [0, 0.1) is 5.82 Å². The molecule has 1 aliphatic rings. The maximum absolute atomic E-state index is 13.1. The van der Waals surface area contributed by atoms with Gasteiger partial charge in [0.15, 0.2) is 5.11 Å². The summed E-state index contributed by atoms with van der Waals surface area (Å²) >= 11 is 5.60. The van der Waals surface area contributed by atoms with Crippen molar-refractivity contribution in [2.45, 2.75) is 25.9 Å². The highest BCUT2D eigenvalue weighted by atomic mass is 32.1. The lowest BCUT2D eigenvalue weighted by Gasteiger charge is -2.27. The molecule has 1 saturated heterocycles. The van der Waals surface area contributed by atoms with Gasteiger partial charge in [0, 0.05) is 32.7 Å². The first-order valence-corrected chi connectivity index (χ1v) is 10.8. The third-order valence-electron chi connectivity index (χ3n) is 5.29. The molecule has 5 nitrogen and oxygen atoms in total. The lowest BCUT2D eigenvalue weighted by atomic mass is 10.1. The number of hydrogen-bond donors (Lipinski definition) is 2. The molecule has 0 radical (unpaired) electrons. The quantitative estimate of drug-likeness (QED) is 0.693. The van der Waals surface area contributed by atoms with Crippen LogP contribution in [0.15, 0.2) is 54.6 Å². The zero-order valence-electron chi connectivity index (χ0n) is 17.3. The molecule has 0 bridgehead atoms. The van der Waals surface area contributed by atoms with Gasteiger partial charge in [-0.05, 0) is 48.8 Å². The molecule has 0 aromatic heterocycles. The van der Waals surface area contributed by atoms with E-state index in [1.54, 1.807) is 12.1 Å². The van der Waals surface area contributed by atoms with Gasteiger partial charge in [-0.1, -0.05) is 42.5 Å². The summed E-state index contributed by atoms with van der Waals surface area (Å²) in [7, 11) is 0. The maximum Gasteiger partial charge on any atom is 0.234 e. The Morgan fingerprint density at radius 1 is 1.07 bits per heavy atom. The average Bonchev–Trinajstić information content (AvgIpc) is 2.99. The van der Waals surface area contributed by atoms with Crippen LogP contribution in [0.5, 0.6) is 0 Å². The molecule has 1 fully saturated rings. The minimum Gasteiger partial charge on any atom is -0.356 e. The number of nitrogens with one attached hydrogen (secondary N) is 2. The number of carbonyl (C=O) groups excluding carboxylic acids is 1. The third kappa shape index (κ3) is 6.78. The van der Waals surface area contributed by atoms with Crippen molar-refractivity contribution in [1.29, 1.82) is 0 Å². The van der Waals surface area contributed by atoms with E-state index >= 15 is 0 Å². The molecule has 2 aromatic rings. The number of hydrogen-bond acceptors (Lipinski definition) is 3. The van der Waals surface area contributed by atoms with Crippen molar-refractivity contribution in [3.63, 3.8) is 0 Å². The molecular formula is C23H29FN4OS. The molecule has 1 heterocycles. The normalized spacial score (nSPS) is 15.9.